The largest absolute Gasteiger partial charge is 0.495 e. The lowest BCUT2D eigenvalue weighted by Gasteiger charge is -2.46. The minimum Gasteiger partial charge on any atom is -0.495 e. The zero-order chi connectivity index (χ0) is 18.2. The van der Waals surface area contributed by atoms with E-state index >= 15 is 0 Å². The number of piperidine rings is 1. The highest BCUT2D eigenvalue weighted by Gasteiger charge is 2.45. The predicted octanol–water partition coefficient (Wildman–Crippen LogP) is 3.45. The number of hydrogen-bond donors (Lipinski definition) is 0. The minimum absolute atomic E-state index is 0.0239. The topological polar surface area (TPSA) is 32.8 Å². The van der Waals surface area contributed by atoms with Crippen LogP contribution in [0, 0.1) is 5.92 Å². The van der Waals surface area contributed by atoms with Crippen LogP contribution in [0.3, 0.4) is 0 Å². The van der Waals surface area contributed by atoms with E-state index in [0.717, 1.165) is 0 Å². The summed E-state index contributed by atoms with van der Waals surface area (Å²) in [6.07, 6.45) is -3.58. The van der Waals surface area contributed by atoms with Gasteiger partial charge in [0.2, 0.25) is 0 Å². The first-order valence-corrected chi connectivity index (χ1v) is 8.61. The average Bonchev–Trinajstić information content (AvgIpc) is 2.59. The van der Waals surface area contributed by atoms with Gasteiger partial charge in [-0.1, -0.05) is 17.7 Å². The summed E-state index contributed by atoms with van der Waals surface area (Å²) < 4.78 is 43.9. The fraction of sp³-hybridized carbons (Fsp3) is 0.588. The zero-order valence-electron chi connectivity index (χ0n) is 13.9. The van der Waals surface area contributed by atoms with E-state index in [1.165, 1.54) is 7.11 Å². The summed E-state index contributed by atoms with van der Waals surface area (Å²) in [5, 5.41) is 0.262. The van der Waals surface area contributed by atoms with Crippen LogP contribution in [0.15, 0.2) is 18.2 Å². The van der Waals surface area contributed by atoms with Crippen LogP contribution in [0.5, 0.6) is 5.75 Å². The minimum atomic E-state index is -4.15. The molecule has 138 valence electrons. The van der Waals surface area contributed by atoms with Crippen LogP contribution in [-0.4, -0.2) is 61.2 Å². The lowest BCUT2D eigenvalue weighted by molar-refractivity contribution is -0.192. The Bertz CT molecular complexity index is 653. The molecule has 1 aromatic carbocycles. The van der Waals surface area contributed by atoms with Crippen molar-refractivity contribution in [1.29, 1.82) is 0 Å². The molecule has 2 aliphatic rings. The quantitative estimate of drug-likeness (QED) is 0.792. The SMILES string of the molecule is COc1cccc(C(=O)N2CCN3CC(C(F)(F)F)CCC3C2)c1Cl. The van der Waals surface area contributed by atoms with E-state index in [-0.39, 0.29) is 29.9 Å². The van der Waals surface area contributed by atoms with Crippen LogP contribution in [0.2, 0.25) is 5.02 Å². The molecule has 2 unspecified atom stereocenters. The van der Waals surface area contributed by atoms with Crippen molar-refractivity contribution in [1.82, 2.24) is 9.80 Å². The Kier molecular flexibility index (Phi) is 5.16. The second kappa shape index (κ2) is 7.03. The van der Waals surface area contributed by atoms with Crippen LogP contribution in [0.25, 0.3) is 0 Å². The number of hydrogen-bond acceptors (Lipinski definition) is 3. The van der Waals surface area contributed by atoms with Crippen molar-refractivity contribution in [3.8, 4) is 5.75 Å². The van der Waals surface area contributed by atoms with Gasteiger partial charge in [0, 0.05) is 32.2 Å². The van der Waals surface area contributed by atoms with Gasteiger partial charge in [-0.05, 0) is 25.0 Å². The van der Waals surface area contributed by atoms with Crippen molar-refractivity contribution in [3.63, 3.8) is 0 Å². The van der Waals surface area contributed by atoms with E-state index in [2.05, 4.69) is 0 Å². The molecule has 0 N–H and O–H groups in total. The summed E-state index contributed by atoms with van der Waals surface area (Å²) in [6.45, 7) is 1.30. The molecular formula is C17H20ClF3N2O2. The van der Waals surface area contributed by atoms with Crippen LogP contribution in [0.4, 0.5) is 13.2 Å². The van der Waals surface area contributed by atoms with E-state index in [0.29, 0.717) is 37.4 Å². The Morgan fingerprint density at radius 3 is 2.68 bits per heavy atom. The van der Waals surface area contributed by atoms with E-state index in [1.807, 2.05) is 4.90 Å². The summed E-state index contributed by atoms with van der Waals surface area (Å²) >= 11 is 6.22. The lowest BCUT2D eigenvalue weighted by Crippen LogP contribution is -2.58. The van der Waals surface area contributed by atoms with Crippen LogP contribution < -0.4 is 4.74 Å². The van der Waals surface area contributed by atoms with E-state index in [9.17, 15) is 18.0 Å². The molecule has 0 saturated carbocycles. The third-order valence-electron chi connectivity index (χ3n) is 5.07. The maximum Gasteiger partial charge on any atom is 0.393 e. The van der Waals surface area contributed by atoms with Gasteiger partial charge in [0.05, 0.1) is 23.6 Å². The fourth-order valence-corrected chi connectivity index (χ4v) is 3.91. The number of methoxy groups -OCH3 is 1. The summed E-state index contributed by atoms with van der Waals surface area (Å²) in [7, 11) is 1.48. The Labute approximate surface area is 149 Å². The average molecular weight is 377 g/mol. The van der Waals surface area contributed by atoms with E-state index in [4.69, 9.17) is 16.3 Å². The monoisotopic (exact) mass is 376 g/mol. The van der Waals surface area contributed by atoms with Crippen LogP contribution in [0.1, 0.15) is 23.2 Å². The van der Waals surface area contributed by atoms with Gasteiger partial charge in [-0.2, -0.15) is 13.2 Å². The summed E-state index contributed by atoms with van der Waals surface area (Å²) in [4.78, 5) is 16.3. The first-order chi connectivity index (χ1) is 11.8. The third-order valence-corrected chi connectivity index (χ3v) is 5.46. The number of benzene rings is 1. The number of amides is 1. The highest BCUT2D eigenvalue weighted by Crippen LogP contribution is 2.36. The maximum atomic E-state index is 12.9. The molecule has 4 nitrogen and oxygen atoms in total. The molecule has 25 heavy (non-hydrogen) atoms. The second-order valence-electron chi connectivity index (χ2n) is 6.54. The number of halogens is 4. The zero-order valence-corrected chi connectivity index (χ0v) is 14.6. The molecule has 1 aromatic rings. The van der Waals surface area contributed by atoms with Crippen molar-refractivity contribution >= 4 is 17.5 Å². The number of ether oxygens (including phenoxy) is 1. The normalized spacial score (nSPS) is 24.8. The van der Waals surface area contributed by atoms with Crippen molar-refractivity contribution in [2.45, 2.75) is 25.1 Å². The van der Waals surface area contributed by atoms with Gasteiger partial charge in [0.25, 0.3) is 5.91 Å². The molecule has 2 heterocycles. The standard InChI is InChI=1S/C17H20ClF3N2O2/c1-25-14-4-2-3-13(15(14)18)16(24)23-8-7-22-9-11(17(19,20)21)5-6-12(22)10-23/h2-4,11-12H,5-10H2,1H3. The Balaban J connectivity index is 1.69. The first-order valence-electron chi connectivity index (χ1n) is 8.23. The molecule has 0 spiro atoms. The molecule has 2 aliphatic heterocycles. The van der Waals surface area contributed by atoms with Crippen molar-refractivity contribution < 1.29 is 22.7 Å². The summed E-state index contributed by atoms with van der Waals surface area (Å²) in [6, 6.07) is 4.99. The first kappa shape index (κ1) is 18.3. The predicted molar refractivity (Wildman–Crippen MR) is 88.0 cm³/mol. The van der Waals surface area contributed by atoms with Crippen molar-refractivity contribution in [2.24, 2.45) is 5.92 Å². The molecule has 0 bridgehead atoms. The Morgan fingerprint density at radius 2 is 2.00 bits per heavy atom. The second-order valence-corrected chi connectivity index (χ2v) is 6.92. The summed E-state index contributed by atoms with van der Waals surface area (Å²) in [5.41, 5.74) is 0.360. The lowest BCUT2D eigenvalue weighted by atomic mass is 9.90. The molecular weight excluding hydrogens is 357 g/mol. The smallest absolute Gasteiger partial charge is 0.393 e. The van der Waals surface area contributed by atoms with E-state index in [1.54, 1.807) is 23.1 Å². The molecule has 0 aromatic heterocycles. The molecule has 3 rings (SSSR count). The highest BCUT2D eigenvalue weighted by atomic mass is 35.5. The fourth-order valence-electron chi connectivity index (χ4n) is 3.63. The third kappa shape index (κ3) is 3.72. The number of nitrogens with zero attached hydrogens (tertiary/aromatic N) is 2. The Hall–Kier alpha value is -1.47. The number of piperazine rings is 1. The molecule has 0 radical (unpaired) electrons. The van der Waals surface area contributed by atoms with Crippen molar-refractivity contribution in [2.75, 3.05) is 33.3 Å². The molecule has 2 atom stereocenters. The van der Waals surface area contributed by atoms with Crippen molar-refractivity contribution in [3.05, 3.63) is 28.8 Å². The van der Waals surface area contributed by atoms with Gasteiger partial charge in [-0.25, -0.2) is 0 Å². The van der Waals surface area contributed by atoms with Gasteiger partial charge in [-0.15, -0.1) is 0 Å². The molecule has 1 amide bonds. The number of alkyl halides is 3. The van der Waals surface area contributed by atoms with Gasteiger partial charge in [-0.3, -0.25) is 9.69 Å². The summed E-state index contributed by atoms with van der Waals surface area (Å²) in [5.74, 6) is -1.04. The molecule has 2 fully saturated rings. The van der Waals surface area contributed by atoms with Crippen LogP contribution >= 0.6 is 11.6 Å². The molecule has 8 heteroatoms. The Morgan fingerprint density at radius 1 is 1.24 bits per heavy atom. The van der Waals surface area contributed by atoms with E-state index < -0.39 is 12.1 Å². The molecule has 0 aliphatic carbocycles. The number of fused-ring (bicyclic) bond motifs is 1. The van der Waals surface area contributed by atoms with Gasteiger partial charge < -0.3 is 9.64 Å². The number of carbonyl (C=O) groups excluding carboxylic acids is 1. The van der Waals surface area contributed by atoms with Gasteiger partial charge in [0.15, 0.2) is 0 Å². The van der Waals surface area contributed by atoms with Gasteiger partial charge in [0.1, 0.15) is 5.75 Å². The highest BCUT2D eigenvalue weighted by molar-refractivity contribution is 6.35. The number of rotatable bonds is 2. The van der Waals surface area contributed by atoms with Gasteiger partial charge >= 0.3 is 6.18 Å². The number of carbonyl (C=O) groups is 1. The molecule has 2 saturated heterocycles. The maximum absolute atomic E-state index is 12.9. The van der Waals surface area contributed by atoms with Crippen LogP contribution in [-0.2, 0) is 0 Å².